The van der Waals surface area contributed by atoms with Gasteiger partial charge in [0.1, 0.15) is 0 Å². The third-order valence-electron chi connectivity index (χ3n) is 4.09. The topological polar surface area (TPSA) is 64.9 Å². The van der Waals surface area contributed by atoms with Gasteiger partial charge in [0.25, 0.3) is 0 Å². The first-order valence-electron chi connectivity index (χ1n) is 6.75. The highest BCUT2D eigenvalue weighted by atomic mass is 14.7. The van der Waals surface area contributed by atoms with Crippen molar-refractivity contribution in [3.63, 3.8) is 0 Å². The van der Waals surface area contributed by atoms with E-state index in [4.69, 9.17) is 11.5 Å². The maximum Gasteiger partial charge on any atom is 0.0378 e. The summed E-state index contributed by atoms with van der Waals surface area (Å²) in [6.07, 6.45) is 6.51. The van der Waals surface area contributed by atoms with Gasteiger partial charge in [-0.1, -0.05) is 24.3 Å². The predicted molar refractivity (Wildman–Crippen MR) is 77.7 cm³/mol. The molecule has 3 heteroatoms. The molecular formula is C16H19N3. The van der Waals surface area contributed by atoms with Crippen LogP contribution in [0.3, 0.4) is 0 Å². The minimum absolute atomic E-state index is 0.138. The average molecular weight is 253 g/mol. The maximum atomic E-state index is 6.38. The Hall–Kier alpha value is -1.87. The summed E-state index contributed by atoms with van der Waals surface area (Å²) in [5, 5.41) is 0. The van der Waals surface area contributed by atoms with Crippen LogP contribution >= 0.6 is 0 Å². The van der Waals surface area contributed by atoms with Crippen LogP contribution < -0.4 is 11.5 Å². The molecule has 0 bridgehead atoms. The lowest BCUT2D eigenvalue weighted by molar-refractivity contribution is 0.437. The normalized spacial score (nSPS) is 16.3. The van der Waals surface area contributed by atoms with Crippen molar-refractivity contribution in [3.05, 3.63) is 59.4 Å². The van der Waals surface area contributed by atoms with E-state index in [0.29, 0.717) is 5.92 Å². The van der Waals surface area contributed by atoms with E-state index >= 15 is 0 Å². The van der Waals surface area contributed by atoms with E-state index in [0.717, 1.165) is 30.5 Å². The molecule has 0 radical (unpaired) electrons. The molecule has 3 nitrogen and oxygen atoms in total. The number of hydrogen-bond donors (Lipinski definition) is 2. The highest BCUT2D eigenvalue weighted by Gasteiger charge is 2.26. The molecular weight excluding hydrogens is 234 g/mol. The SMILES string of the molecule is Nc1ccncc1CC(N)C1Cc2ccccc2C1. The number of nitrogens with two attached hydrogens (primary N) is 2. The molecule has 1 aromatic carbocycles. The van der Waals surface area contributed by atoms with Crippen molar-refractivity contribution in [1.82, 2.24) is 4.98 Å². The number of nitrogen functional groups attached to an aromatic ring is 1. The Morgan fingerprint density at radius 2 is 1.84 bits per heavy atom. The largest absolute Gasteiger partial charge is 0.398 e. The number of aromatic nitrogens is 1. The van der Waals surface area contributed by atoms with Crippen LogP contribution in [0.5, 0.6) is 0 Å². The number of pyridine rings is 1. The van der Waals surface area contributed by atoms with Crippen molar-refractivity contribution in [1.29, 1.82) is 0 Å². The Kier molecular flexibility index (Phi) is 3.22. The van der Waals surface area contributed by atoms with E-state index in [-0.39, 0.29) is 6.04 Å². The summed E-state index contributed by atoms with van der Waals surface area (Å²) >= 11 is 0. The molecule has 4 N–H and O–H groups in total. The summed E-state index contributed by atoms with van der Waals surface area (Å²) in [6, 6.07) is 10.6. The van der Waals surface area contributed by atoms with Crippen LogP contribution in [0, 0.1) is 5.92 Å². The van der Waals surface area contributed by atoms with Crippen molar-refractivity contribution < 1.29 is 0 Å². The molecule has 1 heterocycles. The molecule has 1 aliphatic carbocycles. The second-order valence-corrected chi connectivity index (χ2v) is 5.38. The van der Waals surface area contributed by atoms with Crippen LogP contribution in [0.2, 0.25) is 0 Å². The zero-order valence-corrected chi connectivity index (χ0v) is 10.9. The van der Waals surface area contributed by atoms with Crippen LogP contribution in [-0.4, -0.2) is 11.0 Å². The molecule has 3 rings (SSSR count). The van der Waals surface area contributed by atoms with Gasteiger partial charge >= 0.3 is 0 Å². The molecule has 0 spiro atoms. The van der Waals surface area contributed by atoms with Crippen LogP contribution in [0.25, 0.3) is 0 Å². The number of fused-ring (bicyclic) bond motifs is 1. The molecule has 1 atom stereocenters. The zero-order chi connectivity index (χ0) is 13.2. The zero-order valence-electron chi connectivity index (χ0n) is 10.9. The molecule has 1 aromatic heterocycles. The van der Waals surface area contributed by atoms with Gasteiger partial charge in [-0.05, 0) is 47.9 Å². The van der Waals surface area contributed by atoms with E-state index in [1.54, 1.807) is 6.20 Å². The highest BCUT2D eigenvalue weighted by molar-refractivity contribution is 5.45. The number of nitrogens with zero attached hydrogens (tertiary/aromatic N) is 1. The Labute approximate surface area is 113 Å². The third-order valence-corrected chi connectivity index (χ3v) is 4.09. The lowest BCUT2D eigenvalue weighted by Gasteiger charge is -2.19. The first-order valence-corrected chi connectivity index (χ1v) is 6.75. The molecule has 0 amide bonds. The van der Waals surface area contributed by atoms with E-state index in [1.807, 2.05) is 12.3 Å². The van der Waals surface area contributed by atoms with Gasteiger partial charge in [0.2, 0.25) is 0 Å². The Balaban J connectivity index is 1.70. The van der Waals surface area contributed by atoms with Gasteiger partial charge in [-0.2, -0.15) is 0 Å². The molecule has 0 saturated carbocycles. The van der Waals surface area contributed by atoms with Crippen molar-refractivity contribution in [2.75, 3.05) is 5.73 Å². The molecule has 1 unspecified atom stereocenters. The number of anilines is 1. The van der Waals surface area contributed by atoms with Crippen molar-refractivity contribution in [2.24, 2.45) is 11.7 Å². The van der Waals surface area contributed by atoms with Crippen molar-refractivity contribution >= 4 is 5.69 Å². The van der Waals surface area contributed by atoms with Gasteiger partial charge in [0, 0.05) is 24.1 Å². The third kappa shape index (κ3) is 2.47. The fourth-order valence-electron chi connectivity index (χ4n) is 2.92. The molecule has 0 saturated heterocycles. The second-order valence-electron chi connectivity index (χ2n) is 5.38. The lowest BCUT2D eigenvalue weighted by Crippen LogP contribution is -2.33. The van der Waals surface area contributed by atoms with Gasteiger partial charge in [-0.3, -0.25) is 4.98 Å². The summed E-state index contributed by atoms with van der Waals surface area (Å²) in [4.78, 5) is 4.13. The van der Waals surface area contributed by atoms with Gasteiger partial charge in [-0.15, -0.1) is 0 Å². The standard InChI is InChI=1S/C16H19N3/c17-15-5-6-19-10-14(15)9-16(18)13-7-11-3-1-2-4-12(11)8-13/h1-6,10,13,16H,7-9,18H2,(H2,17,19). The smallest absolute Gasteiger partial charge is 0.0378 e. The number of benzene rings is 1. The Bertz CT molecular complexity index is 555. The fraction of sp³-hybridized carbons (Fsp3) is 0.312. The van der Waals surface area contributed by atoms with Crippen LogP contribution in [-0.2, 0) is 19.3 Å². The second kappa shape index (κ2) is 5.02. The first kappa shape index (κ1) is 12.2. The van der Waals surface area contributed by atoms with E-state index in [9.17, 15) is 0 Å². The van der Waals surface area contributed by atoms with Crippen LogP contribution in [0.4, 0.5) is 5.69 Å². The van der Waals surface area contributed by atoms with E-state index < -0.39 is 0 Å². The van der Waals surface area contributed by atoms with Gasteiger partial charge in [0.05, 0.1) is 0 Å². The highest BCUT2D eigenvalue weighted by Crippen LogP contribution is 2.29. The molecule has 0 aliphatic heterocycles. The molecule has 98 valence electrons. The first-order chi connectivity index (χ1) is 9.24. The molecule has 1 aliphatic rings. The predicted octanol–water partition coefficient (Wildman–Crippen LogP) is 1.95. The van der Waals surface area contributed by atoms with Crippen LogP contribution in [0.15, 0.2) is 42.7 Å². The quantitative estimate of drug-likeness (QED) is 0.878. The molecule has 19 heavy (non-hydrogen) atoms. The van der Waals surface area contributed by atoms with Crippen molar-refractivity contribution in [2.45, 2.75) is 25.3 Å². The van der Waals surface area contributed by atoms with Gasteiger partial charge in [0.15, 0.2) is 0 Å². The Morgan fingerprint density at radius 3 is 2.47 bits per heavy atom. The van der Waals surface area contributed by atoms with Crippen molar-refractivity contribution in [3.8, 4) is 0 Å². The maximum absolute atomic E-state index is 6.38. The molecule has 2 aromatic rings. The minimum atomic E-state index is 0.138. The van der Waals surface area contributed by atoms with Gasteiger partial charge in [-0.25, -0.2) is 0 Å². The van der Waals surface area contributed by atoms with E-state index in [1.165, 1.54) is 11.1 Å². The van der Waals surface area contributed by atoms with Crippen LogP contribution in [0.1, 0.15) is 16.7 Å². The Morgan fingerprint density at radius 1 is 1.16 bits per heavy atom. The molecule has 0 fully saturated rings. The minimum Gasteiger partial charge on any atom is -0.398 e. The summed E-state index contributed by atoms with van der Waals surface area (Å²) in [6.45, 7) is 0. The number of rotatable bonds is 3. The average Bonchev–Trinajstić information content (AvgIpc) is 2.85. The summed E-state index contributed by atoms with van der Waals surface area (Å²) < 4.78 is 0. The van der Waals surface area contributed by atoms with E-state index in [2.05, 4.69) is 29.2 Å². The summed E-state index contributed by atoms with van der Waals surface area (Å²) in [5.74, 6) is 0.511. The summed E-state index contributed by atoms with van der Waals surface area (Å²) in [5.41, 5.74) is 17.1. The fourth-order valence-corrected chi connectivity index (χ4v) is 2.92. The number of hydrogen-bond acceptors (Lipinski definition) is 3. The monoisotopic (exact) mass is 253 g/mol. The lowest BCUT2D eigenvalue weighted by atomic mass is 9.92. The summed E-state index contributed by atoms with van der Waals surface area (Å²) in [7, 11) is 0. The van der Waals surface area contributed by atoms with Gasteiger partial charge < -0.3 is 11.5 Å².